The van der Waals surface area contributed by atoms with E-state index in [4.69, 9.17) is 23.7 Å². The summed E-state index contributed by atoms with van der Waals surface area (Å²) in [6.45, 7) is 15.2. The number of carbonyl (C=O) groups excluding carboxylic acids is 5. The molecule has 3 fully saturated rings. The second-order valence-corrected chi connectivity index (χ2v) is 20.3. The van der Waals surface area contributed by atoms with E-state index >= 15 is 0 Å². The number of amides is 1. The average Bonchev–Trinajstić information content (AvgIpc) is 3.30. The van der Waals surface area contributed by atoms with Crippen molar-refractivity contribution in [2.24, 2.45) is 47.3 Å². The molecule has 4 aliphatic rings. The zero-order valence-electron chi connectivity index (χ0n) is 41.9. The van der Waals surface area contributed by atoms with Crippen LogP contribution in [-0.2, 0) is 47.7 Å². The van der Waals surface area contributed by atoms with Gasteiger partial charge in [0.2, 0.25) is 5.79 Å². The minimum absolute atomic E-state index is 0.0748. The molecular weight excluding hydrogens is 843 g/mol. The number of rotatable bonds is 7. The van der Waals surface area contributed by atoms with Gasteiger partial charge in [0.25, 0.3) is 11.7 Å². The monoisotopic (exact) mass is 926 g/mol. The number of esters is 1. The van der Waals surface area contributed by atoms with Crippen LogP contribution in [0.25, 0.3) is 0 Å². The number of aliphatic hydroxyl groups excluding tert-OH is 2. The number of methoxy groups -OCH3 is 3. The van der Waals surface area contributed by atoms with Crippen LogP contribution in [0, 0.1) is 47.3 Å². The number of hydrogen-bond acceptors (Lipinski definition) is 12. The van der Waals surface area contributed by atoms with Crippen LogP contribution in [0.3, 0.4) is 0 Å². The van der Waals surface area contributed by atoms with Crippen LogP contribution in [0.1, 0.15) is 132 Å². The van der Waals surface area contributed by atoms with Crippen molar-refractivity contribution >= 4 is 29.2 Å². The Labute approximate surface area is 395 Å². The number of fused-ring (bicyclic) bond motifs is 3. The molecule has 2 saturated heterocycles. The summed E-state index contributed by atoms with van der Waals surface area (Å²) < 4.78 is 30.2. The first kappa shape index (κ1) is 55.3. The Bertz CT molecular complexity index is 1770. The van der Waals surface area contributed by atoms with Crippen LogP contribution in [0.2, 0.25) is 0 Å². The van der Waals surface area contributed by atoms with E-state index in [9.17, 15) is 34.2 Å². The molecule has 13 nitrogen and oxygen atoms in total. The molecule has 4 rings (SSSR count). The lowest BCUT2D eigenvalue weighted by atomic mass is 9.78. The number of carbonyl (C=O) groups is 5. The van der Waals surface area contributed by atoms with E-state index in [0.717, 1.165) is 12.0 Å². The van der Waals surface area contributed by atoms with Crippen LogP contribution in [-0.4, -0.2) is 121 Å². The molecule has 0 spiro atoms. The largest absolute Gasteiger partial charge is 0.460 e. The van der Waals surface area contributed by atoms with Crippen LogP contribution >= 0.6 is 0 Å². The normalized spacial score (nSPS) is 40.0. The van der Waals surface area contributed by atoms with Crippen LogP contribution in [0.4, 0.5) is 0 Å². The highest BCUT2D eigenvalue weighted by Gasteiger charge is 2.54. The van der Waals surface area contributed by atoms with Crippen LogP contribution in [0.15, 0.2) is 47.6 Å². The third-order valence-electron chi connectivity index (χ3n) is 15.3. The fraction of sp³-hybridized carbons (Fsp3) is 0.755. The molecule has 2 bridgehead atoms. The SMILES string of the molecule is COC1C(=O)[C@H](C)C[C@H](C)/C=C/C=C/C=C(\C)[C@@H](C)C[C@@H]2CC[C@@H](C)[C@@](OC)(O2)C(=O)C(=O)N2CCCC[C@H]2C(=O)O[C@H]([C@H](C)C[C@@H]2CC[C@@H](O)[C@H](OC)C2)CC(=O)[C@H](C)/C=C(\C)[C@H]1CO. The summed E-state index contributed by atoms with van der Waals surface area (Å²) in [4.78, 5) is 73.0. The number of ketones is 3. The first-order valence-corrected chi connectivity index (χ1v) is 24.7. The van der Waals surface area contributed by atoms with Crippen molar-refractivity contribution in [3.63, 3.8) is 0 Å². The summed E-state index contributed by atoms with van der Waals surface area (Å²) in [7, 11) is 4.44. The summed E-state index contributed by atoms with van der Waals surface area (Å²) in [5.74, 6) is -6.68. The maximum absolute atomic E-state index is 14.5. The molecule has 0 radical (unpaired) electrons. The van der Waals surface area contributed by atoms with Crippen molar-refractivity contribution in [1.29, 1.82) is 0 Å². The fourth-order valence-electron chi connectivity index (χ4n) is 10.7. The summed E-state index contributed by atoms with van der Waals surface area (Å²) in [5, 5.41) is 21.2. The number of allylic oxidation sites excluding steroid dienone is 7. The summed E-state index contributed by atoms with van der Waals surface area (Å²) >= 11 is 0. The lowest BCUT2D eigenvalue weighted by Crippen LogP contribution is -2.61. The Kier molecular flexibility index (Phi) is 21.7. The second-order valence-electron chi connectivity index (χ2n) is 20.3. The quantitative estimate of drug-likeness (QED) is 0.145. The molecule has 15 atom stereocenters. The summed E-state index contributed by atoms with van der Waals surface area (Å²) in [6, 6.07) is -1.06. The van der Waals surface area contributed by atoms with E-state index in [1.165, 1.54) is 19.1 Å². The lowest BCUT2D eigenvalue weighted by Gasteiger charge is -2.44. The van der Waals surface area contributed by atoms with E-state index in [2.05, 4.69) is 26.8 Å². The van der Waals surface area contributed by atoms with E-state index in [1.807, 2.05) is 45.1 Å². The highest BCUT2D eigenvalue weighted by molar-refractivity contribution is 6.39. The molecular formula is C53H83NO12. The Morgan fingerprint density at radius 1 is 0.848 bits per heavy atom. The number of cyclic esters (lactones) is 1. The third kappa shape index (κ3) is 14.1. The highest BCUT2D eigenvalue weighted by atomic mass is 16.7. The number of nitrogens with zero attached hydrogens (tertiary/aromatic N) is 1. The maximum atomic E-state index is 14.5. The van der Waals surface area contributed by atoms with Gasteiger partial charge in [0.05, 0.1) is 24.9 Å². The van der Waals surface area contributed by atoms with Gasteiger partial charge < -0.3 is 38.8 Å². The molecule has 1 amide bonds. The lowest BCUT2D eigenvalue weighted by molar-refractivity contribution is -0.276. The van der Waals surface area contributed by atoms with Gasteiger partial charge in [-0.15, -0.1) is 0 Å². The minimum atomic E-state index is -1.83. The molecule has 0 aromatic heterocycles. The molecule has 3 aliphatic heterocycles. The smallest absolute Gasteiger partial charge is 0.329 e. The number of aliphatic hydroxyl groups is 2. The van der Waals surface area contributed by atoms with Crippen molar-refractivity contribution in [2.75, 3.05) is 34.5 Å². The van der Waals surface area contributed by atoms with E-state index in [-0.39, 0.29) is 79.4 Å². The molecule has 1 aliphatic carbocycles. The van der Waals surface area contributed by atoms with Gasteiger partial charge in [-0.25, -0.2) is 4.79 Å². The molecule has 2 N–H and O–H groups in total. The number of piperidine rings is 1. The maximum Gasteiger partial charge on any atom is 0.329 e. The standard InChI is InChI=1S/C53H83NO12/c1-32-17-13-12-14-18-33(2)34(3)28-41-22-20-39(8)53(64-11,66-41)50(59)51(60)54-24-16-15-19-43(54)52(61)65-46(37(6)27-40-21-23-44(56)47(29-40)62-9)30-45(57)36(5)26-35(4)42(31-55)49(63-10)48(58)38(7)25-32/h12-14,17-18,26,32,34,36-44,46-47,49,55-56H,15-16,19-25,27-31H2,1-11H3/b14-12+,17-13+,33-18+,35-26+/t32-,34+,36-,37-,38-,39-,40+,41+,42-,43+,44-,46+,47-,49?,53-/m1/s1. The molecule has 0 aromatic rings. The molecule has 13 heteroatoms. The van der Waals surface area contributed by atoms with Gasteiger partial charge in [0, 0.05) is 58.0 Å². The topological polar surface area (TPSA) is 175 Å². The zero-order valence-corrected chi connectivity index (χ0v) is 41.9. The number of hydrogen-bond donors (Lipinski definition) is 2. The van der Waals surface area contributed by atoms with Gasteiger partial charge in [0.15, 0.2) is 5.78 Å². The Morgan fingerprint density at radius 2 is 1.58 bits per heavy atom. The van der Waals surface area contributed by atoms with Crippen molar-refractivity contribution < 1.29 is 57.9 Å². The summed E-state index contributed by atoms with van der Waals surface area (Å²) in [6.07, 6.45) is 15.1. The fourth-order valence-corrected chi connectivity index (χ4v) is 10.7. The third-order valence-corrected chi connectivity index (χ3v) is 15.3. The van der Waals surface area contributed by atoms with Gasteiger partial charge in [-0.2, -0.15) is 0 Å². The van der Waals surface area contributed by atoms with E-state index in [0.29, 0.717) is 63.4 Å². The van der Waals surface area contributed by atoms with Crippen molar-refractivity contribution in [3.8, 4) is 0 Å². The van der Waals surface area contributed by atoms with E-state index < -0.39 is 65.6 Å². The summed E-state index contributed by atoms with van der Waals surface area (Å²) in [5.41, 5.74) is 1.75. The van der Waals surface area contributed by atoms with Crippen molar-refractivity contribution in [3.05, 3.63) is 47.6 Å². The number of ether oxygens (including phenoxy) is 5. The zero-order chi connectivity index (χ0) is 48.9. The Balaban J connectivity index is 1.73. The van der Waals surface area contributed by atoms with E-state index in [1.54, 1.807) is 27.0 Å². The Hall–Kier alpha value is -3.33. The first-order valence-electron chi connectivity index (χ1n) is 24.7. The van der Waals surface area contributed by atoms with Gasteiger partial charge in [-0.3, -0.25) is 19.2 Å². The number of Topliss-reactive ketones (excluding diaryl/α,β-unsaturated/α-hetero) is 3. The predicted octanol–water partition coefficient (Wildman–Crippen LogP) is 7.70. The van der Waals surface area contributed by atoms with Crippen molar-refractivity contribution in [1.82, 2.24) is 4.90 Å². The second kappa shape index (κ2) is 25.9. The highest BCUT2D eigenvalue weighted by Crippen LogP contribution is 2.40. The Morgan fingerprint density at radius 3 is 2.24 bits per heavy atom. The first-order chi connectivity index (χ1) is 31.3. The molecule has 1 saturated carbocycles. The molecule has 66 heavy (non-hydrogen) atoms. The van der Waals surface area contributed by atoms with Crippen LogP contribution < -0.4 is 0 Å². The van der Waals surface area contributed by atoms with Gasteiger partial charge in [-0.1, -0.05) is 89.1 Å². The predicted molar refractivity (Wildman–Crippen MR) is 253 cm³/mol. The average molecular weight is 926 g/mol. The molecule has 0 aromatic carbocycles. The molecule has 1 unspecified atom stereocenters. The minimum Gasteiger partial charge on any atom is -0.460 e. The van der Waals surface area contributed by atoms with Gasteiger partial charge >= 0.3 is 5.97 Å². The van der Waals surface area contributed by atoms with Gasteiger partial charge in [-0.05, 0) is 108 Å². The van der Waals surface area contributed by atoms with Crippen LogP contribution in [0.5, 0.6) is 0 Å². The molecule has 3 heterocycles. The van der Waals surface area contributed by atoms with Crippen molar-refractivity contribution in [2.45, 2.75) is 175 Å². The molecule has 372 valence electrons. The van der Waals surface area contributed by atoms with Gasteiger partial charge in [0.1, 0.15) is 24.0 Å².